The monoisotopic (exact) mass is 270 g/mol. The highest BCUT2D eigenvalue weighted by atomic mass is 16.3. The van der Waals surface area contributed by atoms with Gasteiger partial charge in [0.1, 0.15) is 0 Å². The lowest BCUT2D eigenvalue weighted by Crippen LogP contribution is -2.02. The lowest BCUT2D eigenvalue weighted by atomic mass is 9.83. The molecule has 2 N–H and O–H groups in total. The molecule has 0 heterocycles. The molecule has 0 spiro atoms. The second-order valence-electron chi connectivity index (χ2n) is 5.80. The third-order valence-electron chi connectivity index (χ3n) is 3.61. The van der Waals surface area contributed by atoms with Gasteiger partial charge >= 0.3 is 0 Å². The summed E-state index contributed by atoms with van der Waals surface area (Å²) in [5, 5.41) is 20.4. The zero-order valence-electron chi connectivity index (χ0n) is 12.5. The van der Waals surface area contributed by atoms with Crippen molar-refractivity contribution in [3.8, 4) is 22.6 Å². The zero-order valence-corrected chi connectivity index (χ0v) is 12.5. The highest BCUT2D eigenvalue weighted by molar-refractivity contribution is 5.78. The number of hydrogen-bond donors (Lipinski definition) is 2. The van der Waals surface area contributed by atoms with Crippen LogP contribution < -0.4 is 0 Å². The largest absolute Gasteiger partial charge is 0.504 e. The van der Waals surface area contributed by atoms with E-state index in [-0.39, 0.29) is 17.4 Å². The molecular weight excluding hydrogens is 248 g/mol. The van der Waals surface area contributed by atoms with E-state index in [0.29, 0.717) is 5.92 Å². The van der Waals surface area contributed by atoms with E-state index in [1.807, 2.05) is 30.3 Å². The molecular formula is C18H22O2. The van der Waals surface area contributed by atoms with E-state index in [1.54, 1.807) is 6.07 Å². The first-order chi connectivity index (χ1) is 9.43. The van der Waals surface area contributed by atoms with Crippen LogP contribution in [0.5, 0.6) is 11.5 Å². The van der Waals surface area contributed by atoms with Crippen molar-refractivity contribution in [2.24, 2.45) is 0 Å². The topological polar surface area (TPSA) is 40.5 Å². The van der Waals surface area contributed by atoms with Gasteiger partial charge in [0.05, 0.1) is 0 Å². The Kier molecular flexibility index (Phi) is 4.03. The van der Waals surface area contributed by atoms with Gasteiger partial charge in [0, 0.05) is 5.56 Å². The first kappa shape index (κ1) is 14.4. The number of aromatic hydroxyl groups is 2. The Morgan fingerprint density at radius 3 is 1.95 bits per heavy atom. The molecule has 0 amide bonds. The van der Waals surface area contributed by atoms with Gasteiger partial charge in [-0.1, -0.05) is 58.0 Å². The Hall–Kier alpha value is -1.96. The van der Waals surface area contributed by atoms with Gasteiger partial charge in [-0.25, -0.2) is 0 Å². The molecule has 0 atom stereocenters. The fourth-order valence-corrected chi connectivity index (χ4v) is 2.69. The van der Waals surface area contributed by atoms with Crippen molar-refractivity contribution in [2.45, 2.75) is 39.5 Å². The van der Waals surface area contributed by atoms with Crippen LogP contribution in [0.2, 0.25) is 0 Å². The van der Waals surface area contributed by atoms with Crippen LogP contribution in [0.25, 0.3) is 11.1 Å². The van der Waals surface area contributed by atoms with E-state index in [9.17, 15) is 10.2 Å². The van der Waals surface area contributed by atoms with Crippen LogP contribution in [-0.2, 0) is 0 Å². The summed E-state index contributed by atoms with van der Waals surface area (Å²) in [5.74, 6) is 0.497. The molecule has 0 aliphatic carbocycles. The first-order valence-corrected chi connectivity index (χ1v) is 7.07. The molecule has 0 unspecified atom stereocenters. The number of benzene rings is 2. The SMILES string of the molecule is CC(C)c1cc(O)c(O)c(-c2ccccc2)c1C(C)C. The van der Waals surface area contributed by atoms with E-state index >= 15 is 0 Å². The molecule has 0 aliphatic rings. The number of phenolic OH excluding ortho intramolecular Hbond substituents is 2. The predicted octanol–water partition coefficient (Wildman–Crippen LogP) is 5.01. The van der Waals surface area contributed by atoms with E-state index in [2.05, 4.69) is 27.7 Å². The Balaban J connectivity index is 2.83. The van der Waals surface area contributed by atoms with E-state index in [4.69, 9.17) is 0 Å². The molecule has 0 radical (unpaired) electrons. The molecule has 0 aromatic heterocycles. The zero-order chi connectivity index (χ0) is 14.9. The first-order valence-electron chi connectivity index (χ1n) is 7.07. The summed E-state index contributed by atoms with van der Waals surface area (Å²) in [6.45, 7) is 8.44. The van der Waals surface area contributed by atoms with Gasteiger partial charge in [-0.3, -0.25) is 0 Å². The van der Waals surface area contributed by atoms with Gasteiger partial charge < -0.3 is 10.2 Å². The Morgan fingerprint density at radius 2 is 1.45 bits per heavy atom. The highest BCUT2D eigenvalue weighted by Gasteiger charge is 2.22. The van der Waals surface area contributed by atoms with Crippen molar-refractivity contribution in [1.29, 1.82) is 0 Å². The minimum atomic E-state index is -0.0445. The number of hydrogen-bond acceptors (Lipinski definition) is 2. The van der Waals surface area contributed by atoms with Crippen LogP contribution in [0.3, 0.4) is 0 Å². The molecule has 106 valence electrons. The van der Waals surface area contributed by atoms with Gasteiger partial charge in [-0.2, -0.15) is 0 Å². The molecule has 2 nitrogen and oxygen atoms in total. The van der Waals surface area contributed by atoms with Gasteiger partial charge in [0.25, 0.3) is 0 Å². The molecule has 2 aromatic carbocycles. The Morgan fingerprint density at radius 1 is 0.850 bits per heavy atom. The van der Waals surface area contributed by atoms with Crippen LogP contribution in [0.15, 0.2) is 36.4 Å². The molecule has 0 aliphatic heterocycles. The van der Waals surface area contributed by atoms with Crippen molar-refractivity contribution in [3.63, 3.8) is 0 Å². The summed E-state index contributed by atoms with van der Waals surface area (Å²) in [6, 6.07) is 11.5. The maximum absolute atomic E-state index is 10.3. The third kappa shape index (κ3) is 2.51. The number of phenols is 2. The summed E-state index contributed by atoms with van der Waals surface area (Å²) < 4.78 is 0. The molecule has 20 heavy (non-hydrogen) atoms. The number of rotatable bonds is 3. The fraction of sp³-hybridized carbons (Fsp3) is 0.333. The van der Waals surface area contributed by atoms with Crippen molar-refractivity contribution in [2.75, 3.05) is 0 Å². The van der Waals surface area contributed by atoms with Crippen LogP contribution in [0.1, 0.15) is 50.7 Å². The van der Waals surface area contributed by atoms with Crippen molar-refractivity contribution >= 4 is 0 Å². The average Bonchev–Trinajstić information content (AvgIpc) is 2.41. The maximum Gasteiger partial charge on any atom is 0.165 e. The molecule has 2 heteroatoms. The summed E-state index contributed by atoms with van der Waals surface area (Å²) in [7, 11) is 0. The van der Waals surface area contributed by atoms with Crippen molar-refractivity contribution in [1.82, 2.24) is 0 Å². The second kappa shape index (κ2) is 5.58. The van der Waals surface area contributed by atoms with Gasteiger partial charge in [0.15, 0.2) is 11.5 Å². The fourth-order valence-electron chi connectivity index (χ4n) is 2.69. The maximum atomic E-state index is 10.3. The minimum absolute atomic E-state index is 0.0238. The van der Waals surface area contributed by atoms with Crippen molar-refractivity contribution in [3.05, 3.63) is 47.5 Å². The van der Waals surface area contributed by atoms with E-state index in [1.165, 1.54) is 0 Å². The lowest BCUT2D eigenvalue weighted by Gasteiger charge is -2.22. The average molecular weight is 270 g/mol. The molecule has 2 aromatic rings. The van der Waals surface area contributed by atoms with Gasteiger partial charge in [-0.15, -0.1) is 0 Å². The third-order valence-corrected chi connectivity index (χ3v) is 3.61. The smallest absolute Gasteiger partial charge is 0.165 e. The summed E-state index contributed by atoms with van der Waals surface area (Å²) in [5.41, 5.74) is 3.89. The quantitative estimate of drug-likeness (QED) is 0.769. The second-order valence-corrected chi connectivity index (χ2v) is 5.80. The van der Waals surface area contributed by atoms with Gasteiger partial charge in [0.2, 0.25) is 0 Å². The standard InChI is InChI=1S/C18H22O2/c1-11(2)14-10-15(19)18(20)17(16(14)12(3)4)13-8-6-5-7-9-13/h5-12,19-20H,1-4H3. The Bertz CT molecular complexity index is 599. The molecule has 2 rings (SSSR count). The van der Waals surface area contributed by atoms with E-state index < -0.39 is 0 Å². The van der Waals surface area contributed by atoms with E-state index in [0.717, 1.165) is 22.3 Å². The molecule has 0 fully saturated rings. The minimum Gasteiger partial charge on any atom is -0.504 e. The predicted molar refractivity (Wildman–Crippen MR) is 83.4 cm³/mol. The van der Waals surface area contributed by atoms with Crippen LogP contribution >= 0.6 is 0 Å². The van der Waals surface area contributed by atoms with Crippen molar-refractivity contribution < 1.29 is 10.2 Å². The summed E-state index contributed by atoms with van der Waals surface area (Å²) in [4.78, 5) is 0. The van der Waals surface area contributed by atoms with Crippen LogP contribution in [0.4, 0.5) is 0 Å². The molecule has 0 saturated heterocycles. The normalized spacial score (nSPS) is 11.3. The van der Waals surface area contributed by atoms with Gasteiger partial charge in [-0.05, 0) is 34.6 Å². The molecule has 0 bridgehead atoms. The Labute approximate surface area is 120 Å². The highest BCUT2D eigenvalue weighted by Crippen LogP contribution is 2.45. The van der Waals surface area contributed by atoms with Crippen LogP contribution in [-0.4, -0.2) is 10.2 Å². The summed E-state index contributed by atoms with van der Waals surface area (Å²) in [6.07, 6.45) is 0. The molecule has 0 saturated carbocycles. The van der Waals surface area contributed by atoms with Crippen LogP contribution in [0, 0.1) is 0 Å². The summed E-state index contributed by atoms with van der Waals surface area (Å²) >= 11 is 0. The lowest BCUT2D eigenvalue weighted by molar-refractivity contribution is 0.403.